The number of halogens is 1. The van der Waals surface area contributed by atoms with Crippen molar-refractivity contribution in [3.8, 4) is 5.75 Å². The van der Waals surface area contributed by atoms with E-state index in [4.69, 9.17) is 16.3 Å². The van der Waals surface area contributed by atoms with E-state index < -0.39 is 0 Å². The van der Waals surface area contributed by atoms with Crippen molar-refractivity contribution in [2.45, 2.75) is 19.9 Å². The van der Waals surface area contributed by atoms with Gasteiger partial charge in [-0.2, -0.15) is 12.6 Å². The second kappa shape index (κ2) is 7.05. The number of hydrogen-bond acceptors (Lipinski definition) is 3. The number of benzene rings is 1. The number of methoxy groups -OCH3 is 1. The molecule has 0 amide bonds. The fourth-order valence-electron chi connectivity index (χ4n) is 1.47. The van der Waals surface area contributed by atoms with Crippen molar-refractivity contribution in [1.82, 2.24) is 5.32 Å². The predicted molar refractivity (Wildman–Crippen MR) is 72.9 cm³/mol. The van der Waals surface area contributed by atoms with Gasteiger partial charge in [-0.15, -0.1) is 0 Å². The highest BCUT2D eigenvalue weighted by atomic mass is 35.5. The summed E-state index contributed by atoms with van der Waals surface area (Å²) in [5, 5.41) is 4.03. The maximum atomic E-state index is 6.08. The molecule has 0 bridgehead atoms. The van der Waals surface area contributed by atoms with Crippen LogP contribution in [0.1, 0.15) is 17.5 Å². The summed E-state index contributed by atoms with van der Waals surface area (Å²) in [4.78, 5) is 0. The minimum Gasteiger partial charge on any atom is -0.495 e. The summed E-state index contributed by atoms with van der Waals surface area (Å²) in [6, 6.07) is 3.93. The number of thiol groups is 1. The van der Waals surface area contributed by atoms with Gasteiger partial charge in [0.05, 0.1) is 12.1 Å². The fraction of sp³-hybridized carbons (Fsp3) is 0.500. The van der Waals surface area contributed by atoms with E-state index in [2.05, 4.69) is 24.9 Å². The molecule has 1 rings (SSSR count). The van der Waals surface area contributed by atoms with Crippen LogP contribution in [0.5, 0.6) is 5.75 Å². The Labute approximate surface area is 108 Å². The van der Waals surface area contributed by atoms with Gasteiger partial charge in [-0.05, 0) is 48.9 Å². The number of rotatable bonds is 6. The summed E-state index contributed by atoms with van der Waals surface area (Å²) in [6.45, 7) is 3.88. The van der Waals surface area contributed by atoms with Crippen LogP contribution in [0.25, 0.3) is 0 Å². The zero-order valence-electron chi connectivity index (χ0n) is 9.72. The van der Waals surface area contributed by atoms with Gasteiger partial charge in [-0.25, -0.2) is 0 Å². The van der Waals surface area contributed by atoms with E-state index in [1.54, 1.807) is 7.11 Å². The van der Waals surface area contributed by atoms with Gasteiger partial charge in [0.15, 0.2) is 0 Å². The van der Waals surface area contributed by atoms with E-state index in [-0.39, 0.29) is 0 Å². The second-order valence-electron chi connectivity index (χ2n) is 3.67. The zero-order valence-corrected chi connectivity index (χ0v) is 11.4. The summed E-state index contributed by atoms with van der Waals surface area (Å²) in [5.74, 6) is 1.65. The second-order valence-corrected chi connectivity index (χ2v) is 4.52. The minimum absolute atomic E-state index is 0.666. The van der Waals surface area contributed by atoms with Crippen LogP contribution in [-0.4, -0.2) is 19.4 Å². The van der Waals surface area contributed by atoms with Crippen molar-refractivity contribution in [1.29, 1.82) is 0 Å². The Bertz CT molecular complexity index is 344. The van der Waals surface area contributed by atoms with Crippen molar-refractivity contribution in [3.05, 3.63) is 28.3 Å². The molecule has 0 spiro atoms. The normalized spacial score (nSPS) is 10.5. The first-order chi connectivity index (χ1) is 7.69. The lowest BCUT2D eigenvalue weighted by molar-refractivity contribution is 0.414. The monoisotopic (exact) mass is 259 g/mol. The van der Waals surface area contributed by atoms with Gasteiger partial charge in [-0.1, -0.05) is 11.6 Å². The summed E-state index contributed by atoms with van der Waals surface area (Å²) >= 11 is 10.2. The molecule has 4 heteroatoms. The molecule has 0 fully saturated rings. The Morgan fingerprint density at radius 2 is 2.19 bits per heavy atom. The highest BCUT2D eigenvalue weighted by molar-refractivity contribution is 7.80. The van der Waals surface area contributed by atoms with Crippen molar-refractivity contribution in [2.75, 3.05) is 19.4 Å². The van der Waals surface area contributed by atoms with Gasteiger partial charge in [0.2, 0.25) is 0 Å². The summed E-state index contributed by atoms with van der Waals surface area (Å²) in [5.41, 5.74) is 2.41. The predicted octanol–water partition coefficient (Wildman–Crippen LogP) is 3.07. The van der Waals surface area contributed by atoms with Crippen molar-refractivity contribution < 1.29 is 4.74 Å². The molecule has 0 unspecified atom stereocenters. The third-order valence-electron chi connectivity index (χ3n) is 2.44. The maximum absolute atomic E-state index is 6.08. The van der Waals surface area contributed by atoms with Crippen molar-refractivity contribution in [2.24, 2.45) is 0 Å². The Morgan fingerprint density at radius 1 is 1.44 bits per heavy atom. The largest absolute Gasteiger partial charge is 0.495 e. The minimum atomic E-state index is 0.666. The third kappa shape index (κ3) is 3.89. The molecule has 90 valence electrons. The summed E-state index contributed by atoms with van der Waals surface area (Å²) in [7, 11) is 1.63. The van der Waals surface area contributed by atoms with E-state index in [1.165, 1.54) is 11.1 Å². The molecule has 0 aliphatic heterocycles. The lowest BCUT2D eigenvalue weighted by Crippen LogP contribution is -2.15. The number of hydrogen-bond donors (Lipinski definition) is 2. The Balaban J connectivity index is 2.63. The van der Waals surface area contributed by atoms with Gasteiger partial charge < -0.3 is 10.1 Å². The van der Waals surface area contributed by atoms with Crippen LogP contribution in [0.4, 0.5) is 0 Å². The average Bonchev–Trinajstić information content (AvgIpc) is 2.28. The molecular formula is C12H18ClNOS. The summed E-state index contributed by atoms with van der Waals surface area (Å²) < 4.78 is 5.16. The van der Waals surface area contributed by atoms with Crippen LogP contribution >= 0.6 is 24.2 Å². The van der Waals surface area contributed by atoms with Crippen LogP contribution in [0.2, 0.25) is 5.02 Å². The molecule has 16 heavy (non-hydrogen) atoms. The molecule has 0 aliphatic carbocycles. The molecular weight excluding hydrogens is 242 g/mol. The smallest absolute Gasteiger partial charge is 0.137 e. The number of ether oxygens (including phenoxy) is 1. The van der Waals surface area contributed by atoms with Crippen LogP contribution in [0.3, 0.4) is 0 Å². The van der Waals surface area contributed by atoms with Crippen molar-refractivity contribution in [3.63, 3.8) is 0 Å². The molecule has 0 aliphatic rings. The molecule has 1 aromatic carbocycles. The van der Waals surface area contributed by atoms with Gasteiger partial charge in [0.1, 0.15) is 5.75 Å². The van der Waals surface area contributed by atoms with Crippen LogP contribution in [0, 0.1) is 6.92 Å². The van der Waals surface area contributed by atoms with E-state index in [0.717, 1.165) is 31.0 Å². The zero-order chi connectivity index (χ0) is 12.0. The molecule has 0 saturated carbocycles. The van der Waals surface area contributed by atoms with Gasteiger partial charge in [0.25, 0.3) is 0 Å². The molecule has 2 nitrogen and oxygen atoms in total. The third-order valence-corrected chi connectivity index (χ3v) is 3.05. The Morgan fingerprint density at radius 3 is 2.81 bits per heavy atom. The van der Waals surface area contributed by atoms with Crippen LogP contribution in [-0.2, 0) is 6.54 Å². The van der Waals surface area contributed by atoms with Gasteiger partial charge in [-0.3, -0.25) is 0 Å². The Hall–Kier alpha value is -0.380. The molecule has 1 aromatic rings. The maximum Gasteiger partial charge on any atom is 0.137 e. The topological polar surface area (TPSA) is 21.3 Å². The number of nitrogens with one attached hydrogen (secondary N) is 1. The van der Waals surface area contributed by atoms with E-state index >= 15 is 0 Å². The lowest BCUT2D eigenvalue weighted by Gasteiger charge is -2.11. The fourth-order valence-corrected chi connectivity index (χ4v) is 1.89. The van der Waals surface area contributed by atoms with E-state index in [9.17, 15) is 0 Å². The molecule has 0 aromatic heterocycles. The van der Waals surface area contributed by atoms with Crippen LogP contribution in [0.15, 0.2) is 12.1 Å². The number of aryl methyl sites for hydroxylation is 1. The Kier molecular flexibility index (Phi) is 6.03. The summed E-state index contributed by atoms with van der Waals surface area (Å²) in [6.07, 6.45) is 1.08. The quantitative estimate of drug-likeness (QED) is 0.605. The van der Waals surface area contributed by atoms with E-state index in [1.807, 2.05) is 12.1 Å². The van der Waals surface area contributed by atoms with Gasteiger partial charge in [0, 0.05) is 6.54 Å². The highest BCUT2D eigenvalue weighted by Gasteiger charge is 2.05. The first kappa shape index (κ1) is 13.7. The standard InChI is InChI=1S/C12H18ClNOS/c1-9-6-12(15-2)11(13)7-10(9)8-14-4-3-5-16/h6-7,14,16H,3-5,8H2,1-2H3. The SMILES string of the molecule is COc1cc(C)c(CNCCCS)cc1Cl. The molecule has 0 atom stereocenters. The molecule has 0 radical (unpaired) electrons. The van der Waals surface area contributed by atoms with Crippen LogP contribution < -0.4 is 10.1 Å². The average molecular weight is 260 g/mol. The first-order valence-corrected chi connectivity index (χ1v) is 6.34. The van der Waals surface area contributed by atoms with E-state index in [0.29, 0.717) is 5.02 Å². The lowest BCUT2D eigenvalue weighted by atomic mass is 10.1. The molecule has 1 N–H and O–H groups in total. The first-order valence-electron chi connectivity index (χ1n) is 5.33. The molecule has 0 heterocycles. The van der Waals surface area contributed by atoms with Gasteiger partial charge >= 0.3 is 0 Å². The van der Waals surface area contributed by atoms with Crippen molar-refractivity contribution >= 4 is 24.2 Å². The highest BCUT2D eigenvalue weighted by Crippen LogP contribution is 2.27. The molecule has 0 saturated heterocycles.